The average Bonchev–Trinajstić information content (AvgIpc) is 2.61. The molecule has 0 atom stereocenters. The molecule has 1 aliphatic heterocycles. The van der Waals surface area contributed by atoms with Crippen molar-refractivity contribution in [3.63, 3.8) is 0 Å². The third-order valence-electron chi connectivity index (χ3n) is 4.22. The summed E-state index contributed by atoms with van der Waals surface area (Å²) in [5, 5.41) is 2.64. The van der Waals surface area contributed by atoms with E-state index in [9.17, 15) is 14.4 Å². The number of nitrogens with one attached hydrogen (secondary N) is 1. The summed E-state index contributed by atoms with van der Waals surface area (Å²) >= 11 is 0. The highest BCUT2D eigenvalue weighted by molar-refractivity contribution is 6.39. The molecule has 0 radical (unpaired) electrons. The van der Waals surface area contributed by atoms with Gasteiger partial charge in [0.25, 0.3) is 0 Å². The Labute approximate surface area is 147 Å². The van der Waals surface area contributed by atoms with Crippen molar-refractivity contribution in [1.82, 2.24) is 4.90 Å². The molecular weight excluding hydrogens is 322 g/mol. The van der Waals surface area contributed by atoms with Crippen molar-refractivity contribution >= 4 is 29.2 Å². The van der Waals surface area contributed by atoms with E-state index in [1.165, 1.54) is 4.90 Å². The van der Waals surface area contributed by atoms with Crippen LogP contribution in [0.4, 0.5) is 11.4 Å². The number of amides is 2. The summed E-state index contributed by atoms with van der Waals surface area (Å²) in [7, 11) is 3.81. The van der Waals surface area contributed by atoms with E-state index in [2.05, 4.69) is 5.32 Å². The SMILES string of the molecule is CCOC(=O)C1CCN(C(=O)C(=O)Nc2cccc(N(C)C)c2)CC1. The van der Waals surface area contributed by atoms with E-state index in [1.54, 1.807) is 19.1 Å². The first-order chi connectivity index (χ1) is 11.9. The number of anilines is 2. The maximum atomic E-state index is 12.3. The van der Waals surface area contributed by atoms with Crippen LogP contribution >= 0.6 is 0 Å². The molecular formula is C18H25N3O4. The zero-order chi connectivity index (χ0) is 18.4. The molecule has 1 aliphatic rings. The Morgan fingerprint density at radius 2 is 1.92 bits per heavy atom. The van der Waals surface area contributed by atoms with Crippen LogP contribution in [-0.2, 0) is 19.1 Å². The van der Waals surface area contributed by atoms with E-state index >= 15 is 0 Å². The lowest BCUT2D eigenvalue weighted by Gasteiger charge is -2.30. The van der Waals surface area contributed by atoms with E-state index in [0.717, 1.165) is 5.69 Å². The van der Waals surface area contributed by atoms with Crippen molar-refractivity contribution in [3.05, 3.63) is 24.3 Å². The van der Waals surface area contributed by atoms with Gasteiger partial charge in [0.2, 0.25) is 0 Å². The molecule has 1 aromatic carbocycles. The zero-order valence-electron chi connectivity index (χ0n) is 14.9. The van der Waals surface area contributed by atoms with Crippen LogP contribution in [-0.4, -0.2) is 56.5 Å². The highest BCUT2D eigenvalue weighted by Gasteiger charge is 2.30. The number of hydrogen-bond donors (Lipinski definition) is 1. The van der Waals surface area contributed by atoms with Crippen LogP contribution in [0.5, 0.6) is 0 Å². The van der Waals surface area contributed by atoms with Gasteiger partial charge in [0.15, 0.2) is 0 Å². The lowest BCUT2D eigenvalue weighted by molar-refractivity contribution is -0.152. The lowest BCUT2D eigenvalue weighted by atomic mass is 9.97. The molecule has 1 aromatic rings. The third-order valence-corrected chi connectivity index (χ3v) is 4.22. The molecule has 7 nitrogen and oxygen atoms in total. The summed E-state index contributed by atoms with van der Waals surface area (Å²) in [6, 6.07) is 7.28. The minimum Gasteiger partial charge on any atom is -0.466 e. The Morgan fingerprint density at radius 3 is 2.52 bits per heavy atom. The Bertz CT molecular complexity index is 637. The van der Waals surface area contributed by atoms with E-state index in [0.29, 0.717) is 38.2 Å². The highest BCUT2D eigenvalue weighted by Crippen LogP contribution is 2.20. The Kier molecular flexibility index (Phi) is 6.38. The number of likely N-dealkylation sites (tertiary alicyclic amines) is 1. The van der Waals surface area contributed by atoms with Gasteiger partial charge in [0.05, 0.1) is 12.5 Å². The number of esters is 1. The normalized spacial score (nSPS) is 14.8. The molecule has 0 spiro atoms. The summed E-state index contributed by atoms with van der Waals surface area (Å²) in [4.78, 5) is 39.6. The topological polar surface area (TPSA) is 78.9 Å². The summed E-state index contributed by atoms with van der Waals surface area (Å²) in [6.45, 7) is 2.89. The Hall–Kier alpha value is -2.57. The first-order valence-corrected chi connectivity index (χ1v) is 8.46. The quantitative estimate of drug-likeness (QED) is 0.659. The van der Waals surface area contributed by atoms with Gasteiger partial charge in [-0.25, -0.2) is 0 Å². The summed E-state index contributed by atoms with van der Waals surface area (Å²) in [5.41, 5.74) is 1.51. The zero-order valence-corrected chi connectivity index (χ0v) is 14.9. The molecule has 1 fully saturated rings. The second-order valence-electron chi connectivity index (χ2n) is 6.22. The maximum absolute atomic E-state index is 12.3. The molecule has 0 unspecified atom stereocenters. The molecule has 1 heterocycles. The molecule has 0 aliphatic carbocycles. The average molecular weight is 347 g/mol. The monoisotopic (exact) mass is 347 g/mol. The second kappa shape index (κ2) is 8.50. The first kappa shape index (κ1) is 18.8. The number of hydrogen-bond acceptors (Lipinski definition) is 5. The molecule has 0 aromatic heterocycles. The molecule has 7 heteroatoms. The smallest absolute Gasteiger partial charge is 0.313 e. The van der Waals surface area contributed by atoms with Crippen molar-refractivity contribution in [2.24, 2.45) is 5.92 Å². The fourth-order valence-corrected chi connectivity index (χ4v) is 2.77. The minimum atomic E-state index is -0.662. The van der Waals surface area contributed by atoms with E-state index in [1.807, 2.05) is 31.1 Å². The van der Waals surface area contributed by atoms with Crippen LogP contribution in [0.25, 0.3) is 0 Å². The van der Waals surface area contributed by atoms with Crippen molar-refractivity contribution in [3.8, 4) is 0 Å². The van der Waals surface area contributed by atoms with Gasteiger partial charge in [-0.1, -0.05) is 6.07 Å². The van der Waals surface area contributed by atoms with Crippen LogP contribution in [0.1, 0.15) is 19.8 Å². The highest BCUT2D eigenvalue weighted by atomic mass is 16.5. The number of ether oxygens (including phenoxy) is 1. The van der Waals surface area contributed by atoms with Gasteiger partial charge in [0, 0.05) is 38.6 Å². The van der Waals surface area contributed by atoms with Gasteiger partial charge >= 0.3 is 17.8 Å². The van der Waals surface area contributed by atoms with Crippen molar-refractivity contribution in [2.45, 2.75) is 19.8 Å². The van der Waals surface area contributed by atoms with Crippen LogP contribution < -0.4 is 10.2 Å². The predicted molar refractivity (Wildman–Crippen MR) is 95.3 cm³/mol. The van der Waals surface area contributed by atoms with Gasteiger partial charge in [0.1, 0.15) is 0 Å². The fraction of sp³-hybridized carbons (Fsp3) is 0.500. The molecule has 1 saturated heterocycles. The number of carbonyl (C=O) groups is 3. The predicted octanol–water partition coefficient (Wildman–Crippen LogP) is 1.49. The van der Waals surface area contributed by atoms with Crippen LogP contribution in [0.3, 0.4) is 0 Å². The van der Waals surface area contributed by atoms with Gasteiger partial charge in [-0.05, 0) is 38.0 Å². The third kappa shape index (κ3) is 4.95. The van der Waals surface area contributed by atoms with Crippen molar-refractivity contribution in [1.29, 1.82) is 0 Å². The summed E-state index contributed by atoms with van der Waals surface area (Å²) in [5.74, 6) is -1.65. The molecule has 1 N–H and O–H groups in total. The Morgan fingerprint density at radius 1 is 1.24 bits per heavy atom. The Balaban J connectivity index is 1.90. The second-order valence-corrected chi connectivity index (χ2v) is 6.22. The maximum Gasteiger partial charge on any atom is 0.313 e. The fourth-order valence-electron chi connectivity index (χ4n) is 2.77. The minimum absolute atomic E-state index is 0.191. The van der Waals surface area contributed by atoms with Crippen LogP contribution in [0, 0.1) is 5.92 Å². The van der Waals surface area contributed by atoms with Gasteiger partial charge in [-0.3, -0.25) is 14.4 Å². The number of rotatable bonds is 4. The molecule has 0 bridgehead atoms. The molecule has 2 amide bonds. The van der Waals surface area contributed by atoms with Crippen LogP contribution in [0.2, 0.25) is 0 Å². The van der Waals surface area contributed by atoms with E-state index in [-0.39, 0.29) is 11.9 Å². The first-order valence-electron chi connectivity index (χ1n) is 8.46. The lowest BCUT2D eigenvalue weighted by Crippen LogP contribution is -2.45. The molecule has 136 valence electrons. The van der Waals surface area contributed by atoms with Gasteiger partial charge < -0.3 is 19.9 Å². The van der Waals surface area contributed by atoms with E-state index in [4.69, 9.17) is 4.74 Å². The molecule has 2 rings (SSSR count). The number of carbonyl (C=O) groups excluding carboxylic acids is 3. The number of nitrogens with zero attached hydrogens (tertiary/aromatic N) is 2. The number of piperidine rings is 1. The van der Waals surface area contributed by atoms with Crippen molar-refractivity contribution in [2.75, 3.05) is 44.0 Å². The molecule has 25 heavy (non-hydrogen) atoms. The van der Waals surface area contributed by atoms with E-state index < -0.39 is 11.8 Å². The molecule has 0 saturated carbocycles. The van der Waals surface area contributed by atoms with Gasteiger partial charge in [-0.15, -0.1) is 0 Å². The summed E-state index contributed by atoms with van der Waals surface area (Å²) < 4.78 is 5.01. The van der Waals surface area contributed by atoms with Crippen molar-refractivity contribution < 1.29 is 19.1 Å². The standard InChI is InChI=1S/C18H25N3O4/c1-4-25-18(24)13-8-10-21(11-9-13)17(23)16(22)19-14-6-5-7-15(12-14)20(2)3/h5-7,12-13H,4,8-11H2,1-3H3,(H,19,22). The van der Waals surface area contributed by atoms with Crippen LogP contribution in [0.15, 0.2) is 24.3 Å². The number of benzene rings is 1. The summed E-state index contributed by atoms with van der Waals surface area (Å²) in [6.07, 6.45) is 1.04. The van der Waals surface area contributed by atoms with Gasteiger partial charge in [-0.2, -0.15) is 0 Å². The largest absolute Gasteiger partial charge is 0.466 e.